The molecule has 0 aliphatic heterocycles. The third kappa shape index (κ3) is 7.81. The van der Waals surface area contributed by atoms with Gasteiger partial charge < -0.3 is 19.5 Å². The molecule has 1 aliphatic rings. The highest BCUT2D eigenvalue weighted by Gasteiger charge is 2.46. The molecule has 0 spiro atoms. The normalized spacial score (nSPS) is 20.7. The van der Waals surface area contributed by atoms with Crippen molar-refractivity contribution >= 4 is 34.8 Å². The Morgan fingerprint density at radius 3 is 2.13 bits per heavy atom. The fourth-order valence-corrected chi connectivity index (χ4v) is 5.23. The number of hydrogen-bond acceptors (Lipinski definition) is 10. The van der Waals surface area contributed by atoms with Gasteiger partial charge in [-0.3, -0.25) is 29.0 Å². The second-order valence-corrected chi connectivity index (χ2v) is 11.5. The maximum absolute atomic E-state index is 13.8. The largest absolute Gasteiger partial charge is 0.491 e. The highest BCUT2D eigenvalue weighted by molar-refractivity contribution is 6.44. The predicted molar refractivity (Wildman–Crippen MR) is 166 cm³/mol. The van der Waals surface area contributed by atoms with E-state index in [0.29, 0.717) is 17.0 Å². The van der Waals surface area contributed by atoms with Gasteiger partial charge in [-0.25, -0.2) is 0 Å². The van der Waals surface area contributed by atoms with E-state index < -0.39 is 65.4 Å². The molecule has 0 bridgehead atoms. The van der Waals surface area contributed by atoms with E-state index in [4.69, 9.17) is 14.2 Å². The fraction of sp³-hybridized carbons (Fsp3) is 0.371. The zero-order chi connectivity index (χ0) is 32.7. The highest BCUT2D eigenvalue weighted by atomic mass is 16.5. The lowest BCUT2D eigenvalue weighted by atomic mass is 9.81. The molecule has 0 saturated heterocycles. The molecule has 236 valence electrons. The summed E-state index contributed by atoms with van der Waals surface area (Å²) in [6, 6.07) is 17.0. The van der Waals surface area contributed by atoms with Crippen molar-refractivity contribution in [3.05, 3.63) is 83.7 Å². The molecular formula is C35H38N2O8. The van der Waals surface area contributed by atoms with E-state index in [1.54, 1.807) is 45.0 Å². The first-order chi connectivity index (χ1) is 21.5. The van der Waals surface area contributed by atoms with Crippen molar-refractivity contribution in [3.8, 4) is 11.5 Å². The lowest BCUT2D eigenvalue weighted by Gasteiger charge is -2.29. The minimum absolute atomic E-state index is 0.0448. The van der Waals surface area contributed by atoms with Crippen molar-refractivity contribution in [1.29, 1.82) is 0 Å². The SMILES string of the molecule is COc1c(N[C@H]2CC(=O)C(=O)[C@H](Cc3ccccc3)[C@H](OC(=O)C(C)C)[C@H](C)C(=O)C2=O)cnc(C)c1OCc1ccccc1. The van der Waals surface area contributed by atoms with Crippen LogP contribution in [0.5, 0.6) is 11.5 Å². The van der Waals surface area contributed by atoms with Gasteiger partial charge in [-0.05, 0) is 24.5 Å². The summed E-state index contributed by atoms with van der Waals surface area (Å²) in [6.07, 6.45) is -0.456. The van der Waals surface area contributed by atoms with Crippen molar-refractivity contribution in [2.24, 2.45) is 17.8 Å². The van der Waals surface area contributed by atoms with Crippen LogP contribution >= 0.6 is 0 Å². The topological polar surface area (TPSA) is 138 Å². The molecule has 1 N–H and O–H groups in total. The number of nitrogens with zero attached hydrogens (tertiary/aromatic N) is 1. The molecule has 1 fully saturated rings. The van der Waals surface area contributed by atoms with Crippen LogP contribution in [0.3, 0.4) is 0 Å². The number of ether oxygens (including phenoxy) is 3. The average molecular weight is 615 g/mol. The van der Waals surface area contributed by atoms with Gasteiger partial charge in [0.05, 0.1) is 42.4 Å². The minimum Gasteiger partial charge on any atom is -0.491 e. The zero-order valence-corrected chi connectivity index (χ0v) is 26.1. The monoisotopic (exact) mass is 614 g/mol. The van der Waals surface area contributed by atoms with Crippen LogP contribution in [0.1, 0.15) is 44.0 Å². The first kappa shape index (κ1) is 33.0. The van der Waals surface area contributed by atoms with E-state index in [0.717, 1.165) is 5.56 Å². The Kier molecular flexibility index (Phi) is 10.8. The molecule has 0 amide bonds. The summed E-state index contributed by atoms with van der Waals surface area (Å²) in [7, 11) is 1.42. The maximum Gasteiger partial charge on any atom is 0.308 e. The summed E-state index contributed by atoms with van der Waals surface area (Å²) in [5.41, 5.74) is 2.34. The number of carbonyl (C=O) groups excluding carboxylic acids is 5. The molecule has 0 unspecified atom stereocenters. The van der Waals surface area contributed by atoms with E-state index in [1.807, 2.05) is 36.4 Å². The van der Waals surface area contributed by atoms with Crippen molar-refractivity contribution in [2.45, 2.75) is 59.3 Å². The number of carbonyl (C=O) groups is 5. The number of Topliss-reactive ketones (excluding diaryl/α,β-unsaturated/α-hetero) is 4. The van der Waals surface area contributed by atoms with Crippen LogP contribution in [0, 0.1) is 24.7 Å². The van der Waals surface area contributed by atoms with Crippen molar-refractivity contribution in [1.82, 2.24) is 4.98 Å². The van der Waals surface area contributed by atoms with E-state index in [9.17, 15) is 24.0 Å². The number of pyridine rings is 1. The molecule has 10 heteroatoms. The van der Waals surface area contributed by atoms with E-state index in [2.05, 4.69) is 10.3 Å². The van der Waals surface area contributed by atoms with Gasteiger partial charge in [0.15, 0.2) is 11.5 Å². The zero-order valence-electron chi connectivity index (χ0n) is 26.1. The average Bonchev–Trinajstić information content (AvgIpc) is 3.06. The third-order valence-electron chi connectivity index (χ3n) is 7.81. The first-order valence-electron chi connectivity index (χ1n) is 14.9. The molecule has 1 saturated carbocycles. The Hall–Kier alpha value is -4.86. The predicted octanol–water partition coefficient (Wildman–Crippen LogP) is 4.50. The van der Waals surface area contributed by atoms with Gasteiger partial charge in [0, 0.05) is 6.42 Å². The quantitative estimate of drug-likeness (QED) is 0.257. The molecule has 4 rings (SSSR count). The molecule has 3 aromatic rings. The van der Waals surface area contributed by atoms with Crippen LogP contribution in [-0.2, 0) is 41.7 Å². The van der Waals surface area contributed by atoms with Crippen LogP contribution in [0.25, 0.3) is 0 Å². The molecular weight excluding hydrogens is 576 g/mol. The summed E-state index contributed by atoms with van der Waals surface area (Å²) in [4.78, 5) is 71.8. The Labute approximate surface area is 262 Å². The van der Waals surface area contributed by atoms with Gasteiger partial charge in [0.1, 0.15) is 18.8 Å². The number of esters is 1. The highest BCUT2D eigenvalue weighted by Crippen LogP contribution is 2.38. The van der Waals surface area contributed by atoms with Gasteiger partial charge in [-0.15, -0.1) is 0 Å². The third-order valence-corrected chi connectivity index (χ3v) is 7.81. The van der Waals surface area contributed by atoms with Crippen LogP contribution in [0.4, 0.5) is 5.69 Å². The number of ketones is 4. The number of methoxy groups -OCH3 is 1. The van der Waals surface area contributed by atoms with Gasteiger partial charge in [0.2, 0.25) is 23.1 Å². The molecule has 1 aliphatic carbocycles. The number of nitrogens with one attached hydrogen (secondary N) is 1. The van der Waals surface area contributed by atoms with E-state index in [-0.39, 0.29) is 24.5 Å². The van der Waals surface area contributed by atoms with Gasteiger partial charge in [-0.2, -0.15) is 0 Å². The first-order valence-corrected chi connectivity index (χ1v) is 14.9. The lowest BCUT2D eigenvalue weighted by molar-refractivity contribution is -0.163. The number of anilines is 1. The number of rotatable bonds is 10. The van der Waals surface area contributed by atoms with Crippen LogP contribution in [0.2, 0.25) is 0 Å². The van der Waals surface area contributed by atoms with Crippen molar-refractivity contribution < 1.29 is 38.2 Å². The van der Waals surface area contributed by atoms with E-state index in [1.165, 1.54) is 20.2 Å². The minimum atomic E-state index is -1.41. The molecule has 10 nitrogen and oxygen atoms in total. The summed E-state index contributed by atoms with van der Waals surface area (Å²) in [6.45, 7) is 6.63. The Morgan fingerprint density at radius 1 is 0.911 bits per heavy atom. The second-order valence-electron chi connectivity index (χ2n) is 11.5. The second kappa shape index (κ2) is 14.7. The Morgan fingerprint density at radius 2 is 1.53 bits per heavy atom. The van der Waals surface area contributed by atoms with Crippen molar-refractivity contribution in [3.63, 3.8) is 0 Å². The van der Waals surface area contributed by atoms with Gasteiger partial charge in [0.25, 0.3) is 0 Å². The van der Waals surface area contributed by atoms with Gasteiger partial charge >= 0.3 is 5.97 Å². The Balaban J connectivity index is 1.68. The molecule has 1 heterocycles. The molecule has 45 heavy (non-hydrogen) atoms. The number of aromatic nitrogens is 1. The molecule has 1 aromatic heterocycles. The van der Waals surface area contributed by atoms with E-state index >= 15 is 0 Å². The van der Waals surface area contributed by atoms with Gasteiger partial charge in [-0.1, -0.05) is 81.4 Å². The standard InChI is InChI=1S/C35H38N2O8/c1-20(2)35(42)45-32-21(3)29(39)31(41)26(17-28(38)30(40)25(32)16-23-12-8-6-9-13-23)37-27-18-36-22(4)33(34(27)43-5)44-19-24-14-10-7-11-15-24/h6-15,18,20-21,25-26,32,37H,16-17,19H2,1-5H3/t21-,25+,26+,32-/m1/s1. The smallest absolute Gasteiger partial charge is 0.308 e. The molecule has 0 radical (unpaired) electrons. The summed E-state index contributed by atoms with van der Waals surface area (Å²) < 4.78 is 17.4. The van der Waals surface area contributed by atoms with Crippen LogP contribution in [0.15, 0.2) is 66.9 Å². The molecule has 2 aromatic carbocycles. The number of aryl methyl sites for hydroxylation is 1. The van der Waals surface area contributed by atoms with Crippen LogP contribution < -0.4 is 14.8 Å². The fourth-order valence-electron chi connectivity index (χ4n) is 5.23. The summed E-state index contributed by atoms with van der Waals surface area (Å²) >= 11 is 0. The van der Waals surface area contributed by atoms with Crippen molar-refractivity contribution in [2.75, 3.05) is 12.4 Å². The van der Waals surface area contributed by atoms with Crippen LogP contribution in [-0.4, -0.2) is 53.3 Å². The molecule has 4 atom stereocenters. The number of hydrogen-bond donors (Lipinski definition) is 1. The summed E-state index contributed by atoms with van der Waals surface area (Å²) in [5, 5.41) is 2.93. The maximum atomic E-state index is 13.8. The summed E-state index contributed by atoms with van der Waals surface area (Å²) in [5.74, 6) is -6.51. The lowest BCUT2D eigenvalue weighted by Crippen LogP contribution is -2.45. The number of benzene rings is 2. The Bertz CT molecular complexity index is 1550.